The third-order valence-electron chi connectivity index (χ3n) is 4.84. The zero-order valence-corrected chi connectivity index (χ0v) is 17.3. The normalized spacial score (nSPS) is 17.8. The fourth-order valence-electron chi connectivity index (χ4n) is 3.23. The fraction of sp³-hybridized carbons (Fsp3) is 0.364. The molecule has 3 rings (SSSR count). The van der Waals surface area contributed by atoms with Crippen molar-refractivity contribution in [3.63, 3.8) is 0 Å². The summed E-state index contributed by atoms with van der Waals surface area (Å²) in [7, 11) is 0. The van der Waals surface area contributed by atoms with Crippen molar-refractivity contribution < 1.29 is 9.59 Å². The van der Waals surface area contributed by atoms with Gasteiger partial charge < -0.3 is 5.73 Å². The molecule has 2 amide bonds. The Balaban J connectivity index is 1.69. The molecule has 0 radical (unpaired) electrons. The molecule has 2 atom stereocenters. The predicted octanol–water partition coefficient (Wildman–Crippen LogP) is 3.88. The van der Waals surface area contributed by atoms with Crippen LogP contribution < -0.4 is 11.2 Å². The first-order chi connectivity index (χ1) is 13.3. The van der Waals surface area contributed by atoms with E-state index in [0.29, 0.717) is 17.4 Å². The van der Waals surface area contributed by atoms with Crippen molar-refractivity contribution >= 4 is 29.3 Å². The lowest BCUT2D eigenvalue weighted by molar-refractivity contribution is -0.140. The Morgan fingerprint density at radius 2 is 1.79 bits per heavy atom. The largest absolute Gasteiger partial charge is 0.399 e. The molecule has 2 unspecified atom stereocenters. The summed E-state index contributed by atoms with van der Waals surface area (Å²) in [6, 6.07) is 15.5. The maximum atomic E-state index is 12.8. The Morgan fingerprint density at radius 1 is 1.14 bits per heavy atom. The molecule has 3 N–H and O–H groups in total. The Morgan fingerprint density at radius 3 is 2.39 bits per heavy atom. The molecule has 0 spiro atoms. The number of nitrogens with zero attached hydrogens (tertiary/aromatic N) is 1. The molecule has 0 saturated carbocycles. The van der Waals surface area contributed by atoms with Crippen LogP contribution in [0, 0.1) is 5.92 Å². The van der Waals surface area contributed by atoms with E-state index in [2.05, 4.69) is 31.4 Å². The van der Waals surface area contributed by atoms with Gasteiger partial charge in [-0.25, -0.2) is 5.01 Å². The van der Waals surface area contributed by atoms with Crippen LogP contribution in [-0.4, -0.2) is 22.6 Å². The number of nitrogen functional groups attached to an aromatic ring is 1. The van der Waals surface area contributed by atoms with E-state index in [0.717, 1.165) is 17.5 Å². The quantitative estimate of drug-likeness (QED) is 0.726. The number of anilines is 1. The molecule has 28 heavy (non-hydrogen) atoms. The van der Waals surface area contributed by atoms with Gasteiger partial charge in [0.15, 0.2) is 0 Å². The highest BCUT2D eigenvalue weighted by molar-refractivity contribution is 8.00. The number of rotatable bonds is 6. The molecule has 2 aromatic rings. The number of benzene rings is 2. The molecule has 1 fully saturated rings. The van der Waals surface area contributed by atoms with Crippen molar-refractivity contribution in [1.82, 2.24) is 10.4 Å². The molecule has 6 heteroatoms. The minimum atomic E-state index is -0.349. The summed E-state index contributed by atoms with van der Waals surface area (Å²) in [4.78, 5) is 25.1. The van der Waals surface area contributed by atoms with Gasteiger partial charge in [0, 0.05) is 5.69 Å². The van der Waals surface area contributed by atoms with Crippen LogP contribution in [0.2, 0.25) is 0 Å². The summed E-state index contributed by atoms with van der Waals surface area (Å²) < 4.78 is 0. The lowest BCUT2D eigenvalue weighted by Gasteiger charge is -2.26. The van der Waals surface area contributed by atoms with E-state index in [-0.39, 0.29) is 23.1 Å². The summed E-state index contributed by atoms with van der Waals surface area (Å²) in [5, 5.41) is 1.21. The SMILES string of the molecule is CC(C)Cc1ccc(C(C)C(=O)NN2C(=O)CSC2c2ccc(N)cc2)cc1. The average molecular weight is 398 g/mol. The average Bonchev–Trinajstić information content (AvgIpc) is 3.02. The van der Waals surface area contributed by atoms with E-state index in [1.807, 2.05) is 31.2 Å². The van der Waals surface area contributed by atoms with Crippen molar-refractivity contribution in [1.29, 1.82) is 0 Å². The van der Waals surface area contributed by atoms with Crippen LogP contribution in [0.4, 0.5) is 5.69 Å². The summed E-state index contributed by atoms with van der Waals surface area (Å²) >= 11 is 1.50. The second-order valence-electron chi connectivity index (χ2n) is 7.63. The van der Waals surface area contributed by atoms with Crippen LogP contribution in [0.3, 0.4) is 0 Å². The van der Waals surface area contributed by atoms with E-state index in [9.17, 15) is 9.59 Å². The number of carbonyl (C=O) groups is 2. The maximum absolute atomic E-state index is 12.8. The monoisotopic (exact) mass is 397 g/mol. The first kappa shape index (κ1) is 20.3. The maximum Gasteiger partial charge on any atom is 0.252 e. The van der Waals surface area contributed by atoms with Crippen LogP contribution in [-0.2, 0) is 16.0 Å². The highest BCUT2D eigenvalue weighted by Gasteiger charge is 2.35. The number of hydrazine groups is 1. The van der Waals surface area contributed by atoms with Gasteiger partial charge in [-0.05, 0) is 48.1 Å². The van der Waals surface area contributed by atoms with E-state index >= 15 is 0 Å². The van der Waals surface area contributed by atoms with Crippen LogP contribution in [0.15, 0.2) is 48.5 Å². The lowest BCUT2D eigenvalue weighted by atomic mass is 9.96. The van der Waals surface area contributed by atoms with Crippen molar-refractivity contribution in [3.8, 4) is 0 Å². The highest BCUT2D eigenvalue weighted by Crippen LogP contribution is 2.37. The number of carbonyl (C=O) groups excluding carboxylic acids is 2. The number of nitrogens with two attached hydrogens (primary N) is 1. The fourth-order valence-corrected chi connectivity index (χ4v) is 4.34. The molecule has 5 nitrogen and oxygen atoms in total. The van der Waals surface area contributed by atoms with Gasteiger partial charge in [0.1, 0.15) is 5.37 Å². The van der Waals surface area contributed by atoms with Crippen molar-refractivity contribution in [2.24, 2.45) is 5.92 Å². The Hall–Kier alpha value is -2.47. The Kier molecular flexibility index (Phi) is 6.29. The first-order valence-corrected chi connectivity index (χ1v) is 10.6. The number of thioether (sulfide) groups is 1. The topological polar surface area (TPSA) is 75.4 Å². The van der Waals surface area contributed by atoms with E-state index < -0.39 is 0 Å². The summed E-state index contributed by atoms with van der Waals surface area (Å²) in [5.41, 5.74) is 12.4. The van der Waals surface area contributed by atoms with Gasteiger partial charge in [-0.1, -0.05) is 50.2 Å². The zero-order valence-electron chi connectivity index (χ0n) is 16.5. The summed E-state index contributed by atoms with van der Waals surface area (Å²) in [5.74, 6) is 0.301. The first-order valence-electron chi connectivity index (χ1n) is 9.53. The third-order valence-corrected chi connectivity index (χ3v) is 6.05. The van der Waals surface area contributed by atoms with Crippen LogP contribution >= 0.6 is 11.8 Å². The predicted molar refractivity (Wildman–Crippen MR) is 114 cm³/mol. The molecule has 0 aliphatic carbocycles. The summed E-state index contributed by atoms with van der Waals surface area (Å²) in [6.45, 7) is 6.23. The van der Waals surface area contributed by atoms with Gasteiger partial charge in [0.05, 0.1) is 11.7 Å². The second kappa shape index (κ2) is 8.69. The molecule has 1 saturated heterocycles. The standard InChI is InChI=1S/C22H27N3O2S/c1-14(2)12-16-4-6-17(7-5-16)15(3)21(27)24-25-20(26)13-28-22(25)18-8-10-19(23)11-9-18/h4-11,14-15,22H,12-13,23H2,1-3H3,(H,24,27). The second-order valence-corrected chi connectivity index (χ2v) is 8.70. The molecule has 1 aliphatic heterocycles. The molecule has 148 valence electrons. The molecule has 1 aliphatic rings. The van der Waals surface area contributed by atoms with Crippen LogP contribution in [0.5, 0.6) is 0 Å². The molecular weight excluding hydrogens is 370 g/mol. The van der Waals surface area contributed by atoms with Gasteiger partial charge in [-0.3, -0.25) is 15.0 Å². The lowest BCUT2D eigenvalue weighted by Crippen LogP contribution is -2.46. The smallest absolute Gasteiger partial charge is 0.252 e. The van der Waals surface area contributed by atoms with Crippen molar-refractivity contribution in [2.45, 2.75) is 38.5 Å². The van der Waals surface area contributed by atoms with Crippen LogP contribution in [0.1, 0.15) is 48.8 Å². The number of amides is 2. The molecule has 0 aromatic heterocycles. The minimum absolute atomic E-state index is 0.0975. The minimum Gasteiger partial charge on any atom is -0.399 e. The number of nitrogens with one attached hydrogen (secondary N) is 1. The summed E-state index contributed by atoms with van der Waals surface area (Å²) in [6.07, 6.45) is 1.02. The van der Waals surface area contributed by atoms with Crippen LogP contribution in [0.25, 0.3) is 0 Å². The van der Waals surface area contributed by atoms with E-state index in [1.165, 1.54) is 22.3 Å². The van der Waals surface area contributed by atoms with Crippen molar-refractivity contribution in [2.75, 3.05) is 11.5 Å². The van der Waals surface area contributed by atoms with Crippen molar-refractivity contribution in [3.05, 3.63) is 65.2 Å². The van der Waals surface area contributed by atoms with E-state index in [1.54, 1.807) is 12.1 Å². The van der Waals surface area contributed by atoms with Gasteiger partial charge in [0.2, 0.25) is 5.91 Å². The van der Waals surface area contributed by atoms with E-state index in [4.69, 9.17) is 5.73 Å². The third kappa shape index (κ3) is 4.68. The zero-order chi connectivity index (χ0) is 20.3. The van der Waals surface area contributed by atoms with Gasteiger partial charge in [0.25, 0.3) is 5.91 Å². The number of hydrogen-bond donors (Lipinski definition) is 2. The molecule has 2 aromatic carbocycles. The Bertz CT molecular complexity index is 834. The molecular formula is C22H27N3O2S. The number of hydrogen-bond acceptors (Lipinski definition) is 4. The Labute approximate surface area is 170 Å². The van der Waals surface area contributed by atoms with Gasteiger partial charge in [-0.15, -0.1) is 11.8 Å². The molecule has 1 heterocycles. The highest BCUT2D eigenvalue weighted by atomic mass is 32.2. The van der Waals surface area contributed by atoms with Gasteiger partial charge >= 0.3 is 0 Å². The molecule has 0 bridgehead atoms. The van der Waals surface area contributed by atoms with Gasteiger partial charge in [-0.2, -0.15) is 0 Å².